The SMILES string of the molecule is Cc1cc(C)c(NC(=O)CSC2=Nc3ccccc3C3=N[C@H](c4ccccc4)C(=O)N23)c(C)c1. The maximum Gasteiger partial charge on any atom is 0.263 e. The number of hydrogen-bond acceptors (Lipinski definition) is 5. The van der Waals surface area contributed by atoms with E-state index < -0.39 is 6.04 Å². The zero-order chi connectivity index (χ0) is 23.8. The Kier molecular flexibility index (Phi) is 5.79. The van der Waals surface area contributed by atoms with Crippen LogP contribution in [0.25, 0.3) is 0 Å². The minimum atomic E-state index is -0.625. The Morgan fingerprint density at radius 3 is 2.41 bits per heavy atom. The van der Waals surface area contributed by atoms with E-state index in [1.54, 1.807) is 4.90 Å². The molecule has 0 fully saturated rings. The van der Waals surface area contributed by atoms with Crippen LogP contribution in [0.15, 0.2) is 76.7 Å². The van der Waals surface area contributed by atoms with Crippen molar-refractivity contribution >= 4 is 46.0 Å². The van der Waals surface area contributed by atoms with E-state index in [1.807, 2.05) is 87.5 Å². The van der Waals surface area contributed by atoms with Gasteiger partial charge in [0.1, 0.15) is 5.84 Å². The number of fused-ring (bicyclic) bond motifs is 3. The van der Waals surface area contributed by atoms with Crippen LogP contribution in [-0.2, 0) is 9.59 Å². The van der Waals surface area contributed by atoms with Gasteiger partial charge in [0.15, 0.2) is 11.2 Å². The normalized spacial score (nSPS) is 16.5. The molecule has 0 aliphatic carbocycles. The van der Waals surface area contributed by atoms with Gasteiger partial charge < -0.3 is 5.32 Å². The Morgan fingerprint density at radius 2 is 1.68 bits per heavy atom. The van der Waals surface area contributed by atoms with E-state index >= 15 is 0 Å². The second kappa shape index (κ2) is 8.91. The van der Waals surface area contributed by atoms with Gasteiger partial charge in [-0.3, -0.25) is 9.59 Å². The van der Waals surface area contributed by atoms with Crippen molar-refractivity contribution in [2.45, 2.75) is 26.8 Å². The zero-order valence-corrected chi connectivity index (χ0v) is 20.0. The number of aliphatic imine (C=N–C) groups is 2. The average molecular weight is 469 g/mol. The van der Waals surface area contributed by atoms with Gasteiger partial charge in [-0.25, -0.2) is 14.9 Å². The second-order valence-electron chi connectivity index (χ2n) is 8.46. The number of carbonyl (C=O) groups excluding carboxylic acids is 2. The number of para-hydroxylation sites is 1. The van der Waals surface area contributed by atoms with Crippen molar-refractivity contribution < 1.29 is 9.59 Å². The molecule has 1 N–H and O–H groups in total. The van der Waals surface area contributed by atoms with Crippen LogP contribution in [-0.4, -0.2) is 33.5 Å². The summed E-state index contributed by atoms with van der Waals surface area (Å²) < 4.78 is 0. The van der Waals surface area contributed by atoms with Crippen molar-refractivity contribution in [2.24, 2.45) is 9.98 Å². The van der Waals surface area contributed by atoms with Crippen molar-refractivity contribution in [2.75, 3.05) is 11.1 Å². The Balaban J connectivity index is 1.40. The molecule has 3 aromatic rings. The van der Waals surface area contributed by atoms with E-state index in [0.29, 0.717) is 11.0 Å². The van der Waals surface area contributed by atoms with E-state index in [0.717, 1.165) is 39.2 Å². The van der Waals surface area contributed by atoms with Crippen LogP contribution in [0.2, 0.25) is 0 Å². The van der Waals surface area contributed by atoms with E-state index in [9.17, 15) is 9.59 Å². The number of rotatable bonds is 4. The molecule has 0 spiro atoms. The van der Waals surface area contributed by atoms with Gasteiger partial charge in [0, 0.05) is 11.3 Å². The summed E-state index contributed by atoms with van der Waals surface area (Å²) in [6.45, 7) is 6.01. The predicted molar refractivity (Wildman–Crippen MR) is 138 cm³/mol. The van der Waals surface area contributed by atoms with Crippen LogP contribution in [0.4, 0.5) is 11.4 Å². The third kappa shape index (κ3) is 4.03. The van der Waals surface area contributed by atoms with Gasteiger partial charge in [-0.1, -0.05) is 71.9 Å². The zero-order valence-electron chi connectivity index (χ0n) is 19.2. The second-order valence-corrected chi connectivity index (χ2v) is 9.40. The molecule has 0 radical (unpaired) electrons. The summed E-state index contributed by atoms with van der Waals surface area (Å²) in [7, 11) is 0. The Morgan fingerprint density at radius 1 is 1.00 bits per heavy atom. The van der Waals surface area contributed by atoms with Crippen molar-refractivity contribution in [1.29, 1.82) is 0 Å². The highest BCUT2D eigenvalue weighted by Gasteiger charge is 2.42. The fourth-order valence-electron chi connectivity index (χ4n) is 4.38. The first-order valence-electron chi connectivity index (χ1n) is 11.1. The van der Waals surface area contributed by atoms with Crippen LogP contribution in [0.1, 0.15) is 33.9 Å². The molecule has 5 rings (SSSR count). The number of nitrogens with zero attached hydrogens (tertiary/aromatic N) is 3. The van der Waals surface area contributed by atoms with Gasteiger partial charge in [0.05, 0.1) is 11.4 Å². The number of nitrogens with one attached hydrogen (secondary N) is 1. The van der Waals surface area contributed by atoms with Gasteiger partial charge >= 0.3 is 0 Å². The standard InChI is InChI=1S/C27H24N4O2S/c1-16-13-17(2)23(18(3)14-16)29-22(32)15-34-27-28-21-12-8-7-11-20(21)25-30-24(26(33)31(25)27)19-9-5-4-6-10-19/h4-14,24H,15H2,1-3H3,(H,29,32)/t24-/m1/s1. The monoisotopic (exact) mass is 468 g/mol. The van der Waals surface area contributed by atoms with Crippen molar-refractivity contribution in [3.05, 3.63) is 94.5 Å². The smallest absolute Gasteiger partial charge is 0.263 e. The minimum Gasteiger partial charge on any atom is -0.325 e. The lowest BCUT2D eigenvalue weighted by atomic mass is 10.1. The van der Waals surface area contributed by atoms with Crippen LogP contribution >= 0.6 is 11.8 Å². The summed E-state index contributed by atoms with van der Waals surface area (Å²) in [6, 6.07) is 20.6. The molecule has 0 saturated carbocycles. The van der Waals surface area contributed by atoms with Gasteiger partial charge in [-0.2, -0.15) is 0 Å². The third-order valence-corrected chi connectivity index (χ3v) is 6.80. The first-order valence-corrected chi connectivity index (χ1v) is 12.1. The van der Waals surface area contributed by atoms with E-state index in [-0.39, 0.29) is 17.6 Å². The molecule has 0 bridgehead atoms. The topological polar surface area (TPSA) is 74.1 Å². The lowest BCUT2D eigenvalue weighted by Gasteiger charge is -2.25. The molecular weight excluding hydrogens is 444 g/mol. The quantitative estimate of drug-likeness (QED) is 0.564. The molecule has 2 heterocycles. The summed E-state index contributed by atoms with van der Waals surface area (Å²) in [5, 5.41) is 3.49. The molecule has 170 valence electrons. The Bertz CT molecular complexity index is 1340. The average Bonchev–Trinajstić information content (AvgIpc) is 3.18. The summed E-state index contributed by atoms with van der Waals surface area (Å²) in [5.74, 6) is 0.400. The Hall–Kier alpha value is -3.71. The van der Waals surface area contributed by atoms with Gasteiger partial charge in [0.2, 0.25) is 5.91 Å². The molecule has 2 aliphatic rings. The highest BCUT2D eigenvalue weighted by Crippen LogP contribution is 2.37. The molecule has 1 atom stereocenters. The minimum absolute atomic E-state index is 0.126. The van der Waals surface area contributed by atoms with Crippen LogP contribution in [0.3, 0.4) is 0 Å². The summed E-state index contributed by atoms with van der Waals surface area (Å²) >= 11 is 1.24. The number of hydrogen-bond donors (Lipinski definition) is 1. The molecule has 7 heteroatoms. The van der Waals surface area contributed by atoms with Crippen LogP contribution < -0.4 is 5.32 Å². The van der Waals surface area contributed by atoms with Gasteiger partial charge in [-0.05, 0) is 49.6 Å². The lowest BCUT2D eigenvalue weighted by molar-refractivity contribution is -0.124. The van der Waals surface area contributed by atoms with E-state index in [1.165, 1.54) is 11.8 Å². The molecule has 2 amide bonds. The van der Waals surface area contributed by atoms with E-state index in [4.69, 9.17) is 9.98 Å². The summed E-state index contributed by atoms with van der Waals surface area (Å²) in [5.41, 5.74) is 6.42. The highest BCUT2D eigenvalue weighted by molar-refractivity contribution is 8.14. The number of aryl methyl sites for hydroxylation is 3. The fourth-order valence-corrected chi connectivity index (χ4v) is 5.18. The van der Waals surface area contributed by atoms with Gasteiger partial charge in [-0.15, -0.1) is 0 Å². The fraction of sp³-hybridized carbons (Fsp3) is 0.185. The first kappa shape index (κ1) is 22.1. The maximum absolute atomic E-state index is 13.4. The number of carbonyl (C=O) groups is 2. The molecule has 0 saturated heterocycles. The van der Waals surface area contributed by atoms with Gasteiger partial charge in [0.25, 0.3) is 5.91 Å². The molecule has 3 aromatic carbocycles. The number of anilines is 1. The summed E-state index contributed by atoms with van der Waals surface area (Å²) in [6.07, 6.45) is 0. The molecule has 34 heavy (non-hydrogen) atoms. The molecule has 0 aromatic heterocycles. The molecule has 0 unspecified atom stereocenters. The van der Waals surface area contributed by atoms with Crippen molar-refractivity contribution in [3.63, 3.8) is 0 Å². The molecule has 6 nitrogen and oxygen atoms in total. The molecule has 2 aliphatic heterocycles. The maximum atomic E-state index is 13.4. The molecular formula is C27H24N4O2S. The highest BCUT2D eigenvalue weighted by atomic mass is 32.2. The number of thioether (sulfide) groups is 1. The number of amidine groups is 2. The van der Waals surface area contributed by atoms with E-state index in [2.05, 4.69) is 5.32 Å². The summed E-state index contributed by atoms with van der Waals surface area (Å²) in [4.78, 5) is 37.3. The third-order valence-electron chi connectivity index (χ3n) is 5.86. The lowest BCUT2D eigenvalue weighted by Crippen LogP contribution is -2.40. The first-order chi connectivity index (χ1) is 16.4. The van der Waals surface area contributed by atoms with Crippen LogP contribution in [0, 0.1) is 20.8 Å². The predicted octanol–water partition coefficient (Wildman–Crippen LogP) is 5.31. The van der Waals surface area contributed by atoms with Crippen molar-refractivity contribution in [1.82, 2.24) is 4.90 Å². The number of benzene rings is 3. The van der Waals surface area contributed by atoms with Crippen molar-refractivity contribution in [3.8, 4) is 0 Å². The Labute approximate surface area is 202 Å². The van der Waals surface area contributed by atoms with Crippen LogP contribution in [0.5, 0.6) is 0 Å². The number of amides is 2. The largest absolute Gasteiger partial charge is 0.325 e.